The maximum absolute atomic E-state index is 12.5. The van der Waals surface area contributed by atoms with Crippen LogP contribution in [0.25, 0.3) is 0 Å². The molecule has 0 saturated heterocycles. The van der Waals surface area contributed by atoms with E-state index < -0.39 is 0 Å². The third kappa shape index (κ3) is 3.29. The lowest BCUT2D eigenvalue weighted by molar-refractivity contribution is -0.144. The number of rotatable bonds is 4. The van der Waals surface area contributed by atoms with Gasteiger partial charge in [-0.1, -0.05) is 0 Å². The number of hydrogen-bond acceptors (Lipinski definition) is 6. The molecule has 1 N–H and O–H groups in total. The number of amides is 2. The highest BCUT2D eigenvalue weighted by Gasteiger charge is 2.28. The zero-order valence-electron chi connectivity index (χ0n) is 13.4. The van der Waals surface area contributed by atoms with Gasteiger partial charge in [0.2, 0.25) is 5.91 Å². The van der Waals surface area contributed by atoms with E-state index in [1.807, 2.05) is 0 Å². The fourth-order valence-electron chi connectivity index (χ4n) is 2.85. The molecule has 9 heteroatoms. The third-order valence-electron chi connectivity index (χ3n) is 4.04. The molecule has 0 aliphatic carbocycles. The molecule has 1 aromatic rings. The Kier molecular flexibility index (Phi) is 4.59. The largest absolute Gasteiger partial charge is 0.465 e. The molecule has 2 amide bonds. The molecule has 0 saturated carbocycles. The number of aromatic nitrogens is 2. The van der Waals surface area contributed by atoms with Gasteiger partial charge < -0.3 is 9.64 Å². The molecule has 0 fully saturated rings. The molecule has 0 bridgehead atoms. The Morgan fingerprint density at radius 1 is 1.33 bits per heavy atom. The summed E-state index contributed by atoms with van der Waals surface area (Å²) in [5, 5.41) is 8.08. The molecule has 0 radical (unpaired) electrons. The van der Waals surface area contributed by atoms with Gasteiger partial charge in [-0.15, -0.1) is 0 Å². The number of hydrogen-bond donors (Lipinski definition) is 1. The highest BCUT2D eigenvalue weighted by atomic mass is 16.5. The van der Waals surface area contributed by atoms with E-state index >= 15 is 0 Å². The summed E-state index contributed by atoms with van der Waals surface area (Å²) in [4.78, 5) is 36.9. The minimum Gasteiger partial charge on any atom is -0.465 e. The molecule has 24 heavy (non-hydrogen) atoms. The average Bonchev–Trinajstić information content (AvgIpc) is 2.97. The van der Waals surface area contributed by atoms with E-state index in [9.17, 15) is 14.4 Å². The van der Waals surface area contributed by atoms with Crippen molar-refractivity contribution in [3.8, 4) is 0 Å². The van der Waals surface area contributed by atoms with E-state index in [1.54, 1.807) is 22.7 Å². The van der Waals surface area contributed by atoms with Crippen molar-refractivity contribution in [1.29, 1.82) is 0 Å². The number of ether oxygens (including phenoxy) is 1. The molecule has 2 aliphatic rings. The molecular formula is C15H19N5O4. The Labute approximate surface area is 138 Å². The van der Waals surface area contributed by atoms with E-state index in [0.29, 0.717) is 38.2 Å². The quantitative estimate of drug-likeness (QED) is 0.755. The van der Waals surface area contributed by atoms with Crippen LogP contribution in [0.2, 0.25) is 0 Å². The van der Waals surface area contributed by atoms with Crippen LogP contribution in [-0.2, 0) is 38.6 Å². The fourth-order valence-corrected chi connectivity index (χ4v) is 2.85. The lowest BCUT2D eigenvalue weighted by Gasteiger charge is -2.28. The Morgan fingerprint density at radius 2 is 2.17 bits per heavy atom. The minimum absolute atomic E-state index is 0.0792. The van der Waals surface area contributed by atoms with Gasteiger partial charge >= 0.3 is 5.97 Å². The monoisotopic (exact) mass is 333 g/mol. The van der Waals surface area contributed by atoms with E-state index in [2.05, 4.69) is 15.6 Å². The number of nitrogens with zero attached hydrogens (tertiary/aromatic N) is 4. The van der Waals surface area contributed by atoms with Crippen molar-refractivity contribution < 1.29 is 19.1 Å². The first-order valence-corrected chi connectivity index (χ1v) is 7.92. The molecule has 9 nitrogen and oxygen atoms in total. The molecule has 0 aromatic carbocycles. The molecular weight excluding hydrogens is 314 g/mol. The van der Waals surface area contributed by atoms with Gasteiger partial charge in [0.05, 0.1) is 12.8 Å². The second-order valence-corrected chi connectivity index (χ2v) is 5.65. The van der Waals surface area contributed by atoms with Crippen molar-refractivity contribution in [2.75, 3.05) is 13.2 Å². The molecule has 0 spiro atoms. The lowest BCUT2D eigenvalue weighted by Crippen LogP contribution is -2.42. The first kappa shape index (κ1) is 16.2. The smallest absolute Gasteiger partial charge is 0.327 e. The second kappa shape index (κ2) is 6.81. The second-order valence-electron chi connectivity index (χ2n) is 5.65. The number of carbonyl (C=O) groups excluding carboxylic acids is 3. The summed E-state index contributed by atoms with van der Waals surface area (Å²) in [6.45, 7) is 3.12. The van der Waals surface area contributed by atoms with E-state index in [4.69, 9.17) is 4.74 Å². The van der Waals surface area contributed by atoms with Gasteiger partial charge in [0.15, 0.2) is 0 Å². The van der Waals surface area contributed by atoms with Crippen LogP contribution >= 0.6 is 0 Å². The Morgan fingerprint density at radius 3 is 2.88 bits per heavy atom. The van der Waals surface area contributed by atoms with Gasteiger partial charge in [0.1, 0.15) is 12.3 Å². The molecule has 3 rings (SSSR count). The van der Waals surface area contributed by atoms with Crippen molar-refractivity contribution in [2.45, 2.75) is 39.3 Å². The Hall–Kier alpha value is -2.71. The zero-order chi connectivity index (χ0) is 17.1. The average molecular weight is 333 g/mol. The van der Waals surface area contributed by atoms with Crippen molar-refractivity contribution in [2.24, 2.45) is 5.10 Å². The fraction of sp³-hybridized carbons (Fsp3) is 0.533. The predicted molar refractivity (Wildman–Crippen MR) is 82.8 cm³/mol. The van der Waals surface area contributed by atoms with Crippen LogP contribution in [0.3, 0.4) is 0 Å². The van der Waals surface area contributed by atoms with E-state index in [0.717, 1.165) is 11.3 Å². The van der Waals surface area contributed by atoms with Gasteiger partial charge in [-0.25, -0.2) is 5.43 Å². The van der Waals surface area contributed by atoms with E-state index in [-0.39, 0.29) is 30.7 Å². The summed E-state index contributed by atoms with van der Waals surface area (Å²) in [7, 11) is 0. The van der Waals surface area contributed by atoms with Gasteiger partial charge in [0, 0.05) is 43.6 Å². The van der Waals surface area contributed by atoms with E-state index in [1.165, 1.54) is 0 Å². The Balaban J connectivity index is 1.67. The lowest BCUT2D eigenvalue weighted by atomic mass is 10.1. The number of nitrogens with one attached hydrogen (secondary N) is 1. The van der Waals surface area contributed by atoms with Gasteiger partial charge in [0.25, 0.3) is 5.91 Å². The molecule has 128 valence electrons. The summed E-state index contributed by atoms with van der Waals surface area (Å²) >= 11 is 0. The topological polar surface area (TPSA) is 106 Å². The summed E-state index contributed by atoms with van der Waals surface area (Å²) in [5.41, 5.74) is 4.58. The highest BCUT2D eigenvalue weighted by Crippen LogP contribution is 2.20. The Bertz CT molecular complexity index is 709. The van der Waals surface area contributed by atoms with Crippen LogP contribution in [0.15, 0.2) is 11.3 Å². The minimum atomic E-state index is -0.325. The standard InChI is InChI=1S/C15H19N5O4/c1-2-24-14(22)9-20-12-5-6-19(8-10(12)7-16-20)15(23)11-3-4-13(21)18-17-11/h7H,2-6,8-9H2,1H3,(H,18,21). The van der Waals surface area contributed by atoms with Crippen LogP contribution in [0.5, 0.6) is 0 Å². The summed E-state index contributed by atoms with van der Waals surface area (Å²) in [6.07, 6.45) is 2.93. The molecule has 1 aromatic heterocycles. The van der Waals surface area contributed by atoms with Crippen LogP contribution in [0.4, 0.5) is 0 Å². The SMILES string of the molecule is CCOC(=O)Cn1ncc2c1CCN(C(=O)C1=NNC(=O)CC1)C2. The molecule has 3 heterocycles. The molecule has 0 unspecified atom stereocenters. The first-order valence-electron chi connectivity index (χ1n) is 7.92. The maximum Gasteiger partial charge on any atom is 0.327 e. The number of carbonyl (C=O) groups is 3. The van der Waals surface area contributed by atoms with Crippen LogP contribution in [-0.4, -0.2) is 51.3 Å². The summed E-state index contributed by atoms with van der Waals surface area (Å²) in [6, 6.07) is 0. The zero-order valence-corrected chi connectivity index (χ0v) is 13.4. The third-order valence-corrected chi connectivity index (χ3v) is 4.04. The van der Waals surface area contributed by atoms with Gasteiger partial charge in [-0.3, -0.25) is 19.1 Å². The normalized spacial score (nSPS) is 17.0. The van der Waals surface area contributed by atoms with Crippen LogP contribution < -0.4 is 5.43 Å². The molecule has 0 atom stereocenters. The van der Waals surface area contributed by atoms with Crippen molar-refractivity contribution in [1.82, 2.24) is 20.1 Å². The molecule has 2 aliphatic heterocycles. The summed E-state index contributed by atoms with van der Waals surface area (Å²) < 4.78 is 6.57. The maximum atomic E-state index is 12.5. The van der Waals surface area contributed by atoms with Crippen LogP contribution in [0, 0.1) is 0 Å². The first-order chi connectivity index (χ1) is 11.6. The van der Waals surface area contributed by atoms with Gasteiger partial charge in [-0.2, -0.15) is 10.2 Å². The van der Waals surface area contributed by atoms with Gasteiger partial charge in [-0.05, 0) is 6.92 Å². The van der Waals surface area contributed by atoms with Crippen molar-refractivity contribution in [3.05, 3.63) is 17.5 Å². The summed E-state index contributed by atoms with van der Waals surface area (Å²) in [5.74, 6) is -0.666. The number of esters is 1. The van der Waals surface area contributed by atoms with Crippen molar-refractivity contribution >= 4 is 23.5 Å². The number of fused-ring (bicyclic) bond motifs is 1. The van der Waals surface area contributed by atoms with Crippen molar-refractivity contribution in [3.63, 3.8) is 0 Å². The van der Waals surface area contributed by atoms with Crippen LogP contribution in [0.1, 0.15) is 31.0 Å². The highest BCUT2D eigenvalue weighted by molar-refractivity contribution is 6.39. The predicted octanol–water partition coefficient (Wildman–Crippen LogP) is -0.403. The number of hydrazone groups is 1.